The Balaban J connectivity index is 1.83. The van der Waals surface area contributed by atoms with Gasteiger partial charge in [0.15, 0.2) is 0 Å². The molecule has 1 unspecified atom stereocenters. The lowest BCUT2D eigenvalue weighted by molar-refractivity contribution is -0.141. The average molecular weight is 302 g/mol. The molecule has 1 saturated heterocycles. The van der Waals surface area contributed by atoms with Crippen LogP contribution in [0, 0.1) is 11.8 Å². The Kier molecular flexibility index (Phi) is 5.17. The van der Waals surface area contributed by atoms with Crippen LogP contribution in [0.15, 0.2) is 0 Å². The third kappa shape index (κ3) is 4.64. The van der Waals surface area contributed by atoms with Crippen molar-refractivity contribution in [2.45, 2.75) is 57.3 Å². The fourth-order valence-corrected chi connectivity index (χ4v) is 3.39. The standard InChI is InChI=1S/C15H24F2N2O2/c16-15(17)7-5-12(6-8-15)14(21)19-9-1-2-11(10-19)3-4-13(18)20/h11-12H,1-10H2,(H2,18,20). The molecule has 6 heteroatoms. The molecule has 0 bridgehead atoms. The van der Waals surface area contributed by atoms with E-state index in [0.29, 0.717) is 31.8 Å². The molecule has 2 fully saturated rings. The van der Waals surface area contributed by atoms with E-state index >= 15 is 0 Å². The van der Waals surface area contributed by atoms with Crippen molar-refractivity contribution < 1.29 is 18.4 Å². The third-order valence-electron chi connectivity index (χ3n) is 4.70. The number of nitrogens with zero attached hydrogens (tertiary/aromatic N) is 1. The molecule has 0 aromatic heterocycles. The van der Waals surface area contributed by atoms with Crippen LogP contribution in [0.25, 0.3) is 0 Å². The van der Waals surface area contributed by atoms with E-state index in [2.05, 4.69) is 0 Å². The Hall–Kier alpha value is -1.20. The zero-order valence-electron chi connectivity index (χ0n) is 12.3. The van der Waals surface area contributed by atoms with Crippen LogP contribution in [0.2, 0.25) is 0 Å². The first-order valence-corrected chi connectivity index (χ1v) is 7.82. The minimum atomic E-state index is -2.59. The topological polar surface area (TPSA) is 63.4 Å². The molecule has 21 heavy (non-hydrogen) atoms. The van der Waals surface area contributed by atoms with Gasteiger partial charge >= 0.3 is 0 Å². The highest BCUT2D eigenvalue weighted by Gasteiger charge is 2.39. The first-order chi connectivity index (χ1) is 9.87. The van der Waals surface area contributed by atoms with Crippen molar-refractivity contribution >= 4 is 11.8 Å². The lowest BCUT2D eigenvalue weighted by Gasteiger charge is -2.37. The molecule has 4 nitrogen and oxygen atoms in total. The van der Waals surface area contributed by atoms with Crippen LogP contribution in [0.4, 0.5) is 8.78 Å². The Morgan fingerprint density at radius 2 is 1.86 bits per heavy atom. The maximum absolute atomic E-state index is 13.2. The van der Waals surface area contributed by atoms with Crippen molar-refractivity contribution in [1.29, 1.82) is 0 Å². The summed E-state index contributed by atoms with van der Waals surface area (Å²) in [6.45, 7) is 1.35. The van der Waals surface area contributed by atoms with E-state index in [1.807, 2.05) is 4.90 Å². The minimum absolute atomic E-state index is 0.0225. The molecule has 120 valence electrons. The molecule has 2 amide bonds. The smallest absolute Gasteiger partial charge is 0.248 e. The fourth-order valence-electron chi connectivity index (χ4n) is 3.39. The van der Waals surface area contributed by atoms with Crippen LogP contribution in [0.1, 0.15) is 51.4 Å². The van der Waals surface area contributed by atoms with Gasteiger partial charge < -0.3 is 10.6 Å². The van der Waals surface area contributed by atoms with Gasteiger partial charge in [-0.2, -0.15) is 0 Å². The van der Waals surface area contributed by atoms with Gasteiger partial charge in [0.25, 0.3) is 0 Å². The summed E-state index contributed by atoms with van der Waals surface area (Å²) < 4.78 is 26.3. The summed E-state index contributed by atoms with van der Waals surface area (Å²) in [5.74, 6) is -2.83. The predicted octanol–water partition coefficient (Wildman–Crippen LogP) is 2.32. The first kappa shape index (κ1) is 16.2. The van der Waals surface area contributed by atoms with Gasteiger partial charge in [-0.3, -0.25) is 9.59 Å². The monoisotopic (exact) mass is 302 g/mol. The number of hydrogen-bond donors (Lipinski definition) is 1. The lowest BCUT2D eigenvalue weighted by Crippen LogP contribution is -2.44. The molecule has 1 saturated carbocycles. The van der Waals surface area contributed by atoms with Gasteiger partial charge in [-0.15, -0.1) is 0 Å². The molecule has 0 spiro atoms. The van der Waals surface area contributed by atoms with E-state index in [1.165, 1.54) is 0 Å². The van der Waals surface area contributed by atoms with Crippen LogP contribution in [0.3, 0.4) is 0 Å². The summed E-state index contributed by atoms with van der Waals surface area (Å²) in [7, 11) is 0. The average Bonchev–Trinajstić information content (AvgIpc) is 2.45. The number of likely N-dealkylation sites (tertiary alicyclic amines) is 1. The Labute approximate surface area is 124 Å². The predicted molar refractivity (Wildman–Crippen MR) is 74.6 cm³/mol. The summed E-state index contributed by atoms with van der Waals surface area (Å²) in [5.41, 5.74) is 5.16. The van der Waals surface area contributed by atoms with E-state index in [4.69, 9.17) is 5.73 Å². The normalized spacial score (nSPS) is 26.6. The maximum Gasteiger partial charge on any atom is 0.248 e. The molecule has 1 heterocycles. The first-order valence-electron chi connectivity index (χ1n) is 7.82. The summed E-state index contributed by atoms with van der Waals surface area (Å²) in [6.07, 6.45) is 3.19. The molecule has 0 radical (unpaired) electrons. The number of hydrogen-bond acceptors (Lipinski definition) is 2. The van der Waals surface area contributed by atoms with Crippen molar-refractivity contribution in [3.8, 4) is 0 Å². The van der Waals surface area contributed by atoms with Gasteiger partial charge in [0.05, 0.1) is 0 Å². The van der Waals surface area contributed by atoms with Gasteiger partial charge in [-0.05, 0) is 38.0 Å². The number of carbonyl (C=O) groups is 2. The molecule has 2 N–H and O–H groups in total. The molecule has 2 aliphatic rings. The van der Waals surface area contributed by atoms with Crippen molar-refractivity contribution in [3.63, 3.8) is 0 Å². The fraction of sp³-hybridized carbons (Fsp3) is 0.867. The number of alkyl halides is 2. The quantitative estimate of drug-likeness (QED) is 0.866. The van der Waals surface area contributed by atoms with Crippen LogP contribution >= 0.6 is 0 Å². The van der Waals surface area contributed by atoms with Crippen LogP contribution in [0.5, 0.6) is 0 Å². The number of piperidine rings is 1. The van der Waals surface area contributed by atoms with Gasteiger partial charge in [0.2, 0.25) is 17.7 Å². The van der Waals surface area contributed by atoms with Crippen molar-refractivity contribution in [2.24, 2.45) is 17.6 Å². The number of amides is 2. The molecule has 1 aliphatic carbocycles. The number of carbonyl (C=O) groups excluding carboxylic acids is 2. The number of rotatable bonds is 4. The van der Waals surface area contributed by atoms with E-state index in [0.717, 1.165) is 12.8 Å². The van der Waals surface area contributed by atoms with Crippen LogP contribution < -0.4 is 5.73 Å². The SMILES string of the molecule is NC(=O)CCC1CCCN(C(=O)C2CCC(F)(F)CC2)C1. The number of halogens is 2. The molecule has 0 aromatic carbocycles. The lowest BCUT2D eigenvalue weighted by atomic mass is 9.84. The Bertz CT molecular complexity index is 391. The molecule has 1 aliphatic heterocycles. The van der Waals surface area contributed by atoms with Gasteiger partial charge in [0.1, 0.15) is 0 Å². The summed E-state index contributed by atoms with van der Waals surface area (Å²) in [5, 5.41) is 0. The van der Waals surface area contributed by atoms with E-state index in [9.17, 15) is 18.4 Å². The largest absolute Gasteiger partial charge is 0.370 e. The van der Waals surface area contributed by atoms with Gasteiger partial charge in [-0.1, -0.05) is 0 Å². The van der Waals surface area contributed by atoms with Crippen molar-refractivity contribution in [2.75, 3.05) is 13.1 Å². The molecule has 0 aromatic rings. The highest BCUT2D eigenvalue weighted by molar-refractivity contribution is 5.79. The van der Waals surface area contributed by atoms with Gasteiger partial charge in [0, 0.05) is 38.3 Å². The molecular formula is C15H24F2N2O2. The van der Waals surface area contributed by atoms with Crippen LogP contribution in [-0.2, 0) is 9.59 Å². The summed E-state index contributed by atoms with van der Waals surface area (Å²) in [4.78, 5) is 25.1. The second-order valence-corrected chi connectivity index (χ2v) is 6.43. The van der Waals surface area contributed by atoms with Gasteiger partial charge in [-0.25, -0.2) is 8.78 Å². The Morgan fingerprint density at radius 3 is 2.48 bits per heavy atom. The van der Waals surface area contributed by atoms with Crippen molar-refractivity contribution in [3.05, 3.63) is 0 Å². The molecular weight excluding hydrogens is 278 g/mol. The van der Waals surface area contributed by atoms with Crippen molar-refractivity contribution in [1.82, 2.24) is 4.90 Å². The highest BCUT2D eigenvalue weighted by Crippen LogP contribution is 2.37. The van der Waals surface area contributed by atoms with Crippen LogP contribution in [-0.4, -0.2) is 35.7 Å². The van der Waals surface area contributed by atoms with E-state index < -0.39 is 5.92 Å². The summed E-state index contributed by atoms with van der Waals surface area (Å²) in [6, 6.07) is 0. The third-order valence-corrected chi connectivity index (χ3v) is 4.70. The summed E-state index contributed by atoms with van der Waals surface area (Å²) >= 11 is 0. The number of nitrogens with two attached hydrogens (primary N) is 1. The second kappa shape index (κ2) is 6.71. The molecule has 2 rings (SSSR count). The molecule has 1 atom stereocenters. The van der Waals surface area contributed by atoms with E-state index in [-0.39, 0.29) is 43.4 Å². The Morgan fingerprint density at radius 1 is 1.19 bits per heavy atom. The zero-order valence-corrected chi connectivity index (χ0v) is 12.3. The number of primary amides is 1. The zero-order chi connectivity index (χ0) is 15.5. The highest BCUT2D eigenvalue weighted by atomic mass is 19.3. The minimum Gasteiger partial charge on any atom is -0.370 e. The van der Waals surface area contributed by atoms with E-state index in [1.54, 1.807) is 0 Å². The maximum atomic E-state index is 13.2. The second-order valence-electron chi connectivity index (χ2n) is 6.43.